The first kappa shape index (κ1) is 13.8. The molecule has 0 aliphatic heterocycles. The Morgan fingerprint density at radius 2 is 2.00 bits per heavy atom. The van der Waals surface area contributed by atoms with E-state index in [1.165, 1.54) is 0 Å². The van der Waals surface area contributed by atoms with E-state index in [0.717, 1.165) is 0 Å². The normalized spacial score (nSPS) is 15.4. The van der Waals surface area contributed by atoms with Gasteiger partial charge in [0.2, 0.25) is 0 Å². The number of aliphatic hydroxyl groups is 1. The molecule has 0 heterocycles. The molecule has 0 aromatic heterocycles. The highest BCUT2D eigenvalue weighted by molar-refractivity contribution is 4.51. The van der Waals surface area contributed by atoms with Crippen LogP contribution in [0.2, 0.25) is 0 Å². The van der Waals surface area contributed by atoms with Crippen molar-refractivity contribution in [3.63, 3.8) is 0 Å². The summed E-state index contributed by atoms with van der Waals surface area (Å²) in [7, 11) is 0. The van der Waals surface area contributed by atoms with Crippen molar-refractivity contribution < 1.29 is 19.3 Å². The van der Waals surface area contributed by atoms with Crippen LogP contribution in [0, 0.1) is 0 Å². The van der Waals surface area contributed by atoms with Crippen molar-refractivity contribution in [1.29, 1.82) is 0 Å². The third-order valence-electron chi connectivity index (χ3n) is 1.50. The molecule has 0 rings (SSSR count). The molecular weight excluding hydrogens is 186 g/mol. The van der Waals surface area contributed by atoms with Crippen molar-refractivity contribution in [2.45, 2.75) is 26.2 Å². The Kier molecular flexibility index (Phi) is 9.23. The van der Waals surface area contributed by atoms with Crippen LogP contribution in [-0.2, 0) is 14.2 Å². The molecule has 0 spiro atoms. The molecule has 2 unspecified atom stereocenters. The molecule has 5 nitrogen and oxygen atoms in total. The topological polar surface area (TPSA) is 73.9 Å². The minimum Gasteiger partial charge on any atom is -0.388 e. The Balaban J connectivity index is 3.29. The molecular formula is C9H21NO4. The smallest absolute Gasteiger partial charge is 0.154 e. The van der Waals surface area contributed by atoms with Gasteiger partial charge < -0.3 is 25.1 Å². The number of rotatable bonds is 9. The molecule has 0 aliphatic carbocycles. The summed E-state index contributed by atoms with van der Waals surface area (Å²) in [6.07, 6.45) is -0.909. The van der Waals surface area contributed by atoms with Gasteiger partial charge in [0, 0.05) is 13.2 Å². The Morgan fingerprint density at radius 1 is 1.29 bits per heavy atom. The predicted octanol–water partition coefficient (Wildman–Crippen LogP) is -0.278. The molecule has 2 atom stereocenters. The van der Waals surface area contributed by atoms with Gasteiger partial charge in [-0.3, -0.25) is 0 Å². The van der Waals surface area contributed by atoms with E-state index in [9.17, 15) is 5.11 Å². The van der Waals surface area contributed by atoms with Crippen molar-refractivity contribution in [3.05, 3.63) is 0 Å². The Hall–Kier alpha value is -0.200. The maximum atomic E-state index is 9.35. The van der Waals surface area contributed by atoms with Crippen LogP contribution in [0.3, 0.4) is 0 Å². The van der Waals surface area contributed by atoms with Crippen molar-refractivity contribution in [2.24, 2.45) is 5.73 Å². The molecule has 0 saturated heterocycles. The number of ether oxygens (including phenoxy) is 3. The van der Waals surface area contributed by atoms with Crippen LogP contribution in [0.1, 0.15) is 13.8 Å². The van der Waals surface area contributed by atoms with Gasteiger partial charge >= 0.3 is 0 Å². The molecule has 0 aromatic rings. The Labute approximate surface area is 85.1 Å². The van der Waals surface area contributed by atoms with Gasteiger partial charge in [0.25, 0.3) is 0 Å². The monoisotopic (exact) mass is 207 g/mol. The average molecular weight is 207 g/mol. The van der Waals surface area contributed by atoms with E-state index < -0.39 is 6.10 Å². The minimum absolute atomic E-state index is 0.214. The molecule has 0 saturated carbocycles. The van der Waals surface area contributed by atoms with Gasteiger partial charge in [0.1, 0.15) is 6.10 Å². The fourth-order valence-electron chi connectivity index (χ4n) is 0.880. The van der Waals surface area contributed by atoms with Crippen LogP contribution < -0.4 is 5.73 Å². The van der Waals surface area contributed by atoms with Crippen LogP contribution in [0.4, 0.5) is 0 Å². The standard InChI is InChI=1S/C9H21NO4/c1-3-13-8(2)14-7-9(11)6-12-5-4-10/h8-9,11H,3-7,10H2,1-2H3. The molecule has 0 bridgehead atoms. The number of aliphatic hydroxyl groups excluding tert-OH is 1. The summed E-state index contributed by atoms with van der Waals surface area (Å²) < 4.78 is 15.4. The van der Waals surface area contributed by atoms with Crippen LogP contribution in [0.15, 0.2) is 0 Å². The summed E-state index contributed by atoms with van der Waals surface area (Å²) in [4.78, 5) is 0. The highest BCUT2D eigenvalue weighted by Gasteiger charge is 2.07. The summed E-state index contributed by atoms with van der Waals surface area (Å²) in [5, 5.41) is 9.35. The van der Waals surface area contributed by atoms with Crippen molar-refractivity contribution in [1.82, 2.24) is 0 Å². The quantitative estimate of drug-likeness (QED) is 0.402. The van der Waals surface area contributed by atoms with Crippen LogP contribution in [0.25, 0.3) is 0 Å². The molecule has 86 valence electrons. The zero-order chi connectivity index (χ0) is 10.8. The van der Waals surface area contributed by atoms with Gasteiger partial charge in [-0.2, -0.15) is 0 Å². The minimum atomic E-state index is -0.621. The molecule has 0 fully saturated rings. The van der Waals surface area contributed by atoms with Gasteiger partial charge in [-0.15, -0.1) is 0 Å². The fourth-order valence-corrected chi connectivity index (χ4v) is 0.880. The lowest BCUT2D eigenvalue weighted by Gasteiger charge is -2.16. The Bertz CT molecular complexity index is 123. The van der Waals surface area contributed by atoms with Crippen LogP contribution >= 0.6 is 0 Å². The lowest BCUT2D eigenvalue weighted by Crippen LogP contribution is -2.26. The lowest BCUT2D eigenvalue weighted by molar-refractivity contribution is -0.149. The summed E-state index contributed by atoms with van der Waals surface area (Å²) in [5.41, 5.74) is 5.22. The second kappa shape index (κ2) is 9.36. The van der Waals surface area contributed by atoms with Gasteiger partial charge in [0.15, 0.2) is 6.29 Å². The summed E-state index contributed by atoms with van der Waals surface area (Å²) in [6.45, 7) is 5.65. The highest BCUT2D eigenvalue weighted by Crippen LogP contribution is 1.95. The number of nitrogens with two attached hydrogens (primary N) is 1. The molecule has 3 N–H and O–H groups in total. The SMILES string of the molecule is CCOC(C)OCC(O)COCCN. The second-order valence-electron chi connectivity index (χ2n) is 2.87. The molecule has 5 heteroatoms. The van der Waals surface area contributed by atoms with Gasteiger partial charge in [-0.1, -0.05) is 0 Å². The summed E-state index contributed by atoms with van der Waals surface area (Å²) >= 11 is 0. The number of hydrogen-bond donors (Lipinski definition) is 2. The van der Waals surface area contributed by atoms with E-state index in [1.807, 2.05) is 6.92 Å². The highest BCUT2D eigenvalue weighted by atomic mass is 16.7. The van der Waals surface area contributed by atoms with Crippen LogP contribution in [-0.4, -0.2) is 50.5 Å². The molecule has 0 aliphatic rings. The molecule has 14 heavy (non-hydrogen) atoms. The molecule has 0 radical (unpaired) electrons. The first-order valence-corrected chi connectivity index (χ1v) is 4.89. The lowest BCUT2D eigenvalue weighted by atomic mass is 10.4. The van der Waals surface area contributed by atoms with Crippen molar-refractivity contribution in [2.75, 3.05) is 33.0 Å². The van der Waals surface area contributed by atoms with Crippen molar-refractivity contribution in [3.8, 4) is 0 Å². The zero-order valence-electron chi connectivity index (χ0n) is 8.94. The predicted molar refractivity (Wildman–Crippen MR) is 52.9 cm³/mol. The first-order valence-electron chi connectivity index (χ1n) is 4.89. The van der Waals surface area contributed by atoms with Crippen LogP contribution in [0.5, 0.6) is 0 Å². The second-order valence-corrected chi connectivity index (χ2v) is 2.87. The molecule has 0 amide bonds. The van der Waals surface area contributed by atoms with E-state index in [4.69, 9.17) is 19.9 Å². The summed E-state index contributed by atoms with van der Waals surface area (Å²) in [6, 6.07) is 0. The Morgan fingerprint density at radius 3 is 2.57 bits per heavy atom. The number of hydrogen-bond acceptors (Lipinski definition) is 5. The van der Waals surface area contributed by atoms with E-state index in [1.54, 1.807) is 6.92 Å². The summed E-state index contributed by atoms with van der Waals surface area (Å²) in [5.74, 6) is 0. The van der Waals surface area contributed by atoms with Gasteiger partial charge in [-0.25, -0.2) is 0 Å². The third-order valence-corrected chi connectivity index (χ3v) is 1.50. The maximum absolute atomic E-state index is 9.35. The average Bonchev–Trinajstić information content (AvgIpc) is 2.16. The van der Waals surface area contributed by atoms with Crippen molar-refractivity contribution >= 4 is 0 Å². The van der Waals surface area contributed by atoms with E-state index in [2.05, 4.69) is 0 Å². The first-order chi connectivity index (χ1) is 6.70. The fraction of sp³-hybridized carbons (Fsp3) is 1.00. The van der Waals surface area contributed by atoms with Gasteiger partial charge in [-0.05, 0) is 13.8 Å². The maximum Gasteiger partial charge on any atom is 0.154 e. The van der Waals surface area contributed by atoms with E-state index >= 15 is 0 Å². The van der Waals surface area contributed by atoms with E-state index in [0.29, 0.717) is 19.8 Å². The largest absolute Gasteiger partial charge is 0.388 e. The molecule has 0 aromatic carbocycles. The third kappa shape index (κ3) is 8.40. The zero-order valence-corrected chi connectivity index (χ0v) is 8.94. The van der Waals surface area contributed by atoms with Gasteiger partial charge in [0.05, 0.1) is 19.8 Å². The van der Waals surface area contributed by atoms with E-state index in [-0.39, 0.29) is 19.5 Å².